The van der Waals surface area contributed by atoms with Crippen LogP contribution in [0, 0.1) is 10.1 Å². The molecule has 30 heavy (non-hydrogen) atoms. The summed E-state index contributed by atoms with van der Waals surface area (Å²) in [6.07, 6.45) is 0. The van der Waals surface area contributed by atoms with Crippen LogP contribution in [0.1, 0.15) is 24.2 Å². The molecule has 2 aromatic carbocycles. The number of hydrogen-bond acceptors (Lipinski definition) is 7. The number of nitro benzene ring substituents is 1. The number of amides is 1. The molecule has 0 atom stereocenters. The molecule has 1 heterocycles. The first-order valence-corrected chi connectivity index (χ1v) is 11.5. The number of carbonyl (C=O) groups is 1. The Morgan fingerprint density at radius 1 is 1.23 bits per heavy atom. The maximum Gasteiger partial charge on any atom is 0.270 e. The van der Waals surface area contributed by atoms with Crippen molar-refractivity contribution in [2.45, 2.75) is 18.7 Å². The largest absolute Gasteiger partial charge is 0.298 e. The molecule has 0 bridgehead atoms. The number of nitro groups is 1. The second-order valence-electron chi connectivity index (χ2n) is 6.11. The van der Waals surface area contributed by atoms with Gasteiger partial charge in [-0.1, -0.05) is 36.8 Å². The quantitative estimate of drug-likeness (QED) is 0.410. The smallest absolute Gasteiger partial charge is 0.270 e. The van der Waals surface area contributed by atoms with Gasteiger partial charge in [-0.3, -0.25) is 20.2 Å². The Kier molecular flexibility index (Phi) is 6.36. The highest BCUT2D eigenvalue weighted by atomic mass is 35.5. The molecule has 0 unspecified atom stereocenters. The molecule has 1 N–H and O–H groups in total. The van der Waals surface area contributed by atoms with E-state index in [-0.39, 0.29) is 26.3 Å². The lowest BCUT2D eigenvalue weighted by Gasteiger charge is -2.18. The number of fused-ring (bicyclic) bond motifs is 1. The summed E-state index contributed by atoms with van der Waals surface area (Å²) in [6, 6.07) is 8.11. The topological polar surface area (TPSA) is 123 Å². The Morgan fingerprint density at radius 3 is 2.57 bits per heavy atom. The van der Waals surface area contributed by atoms with Crippen LogP contribution in [-0.4, -0.2) is 41.6 Å². The normalized spacial score (nSPS) is 11.7. The van der Waals surface area contributed by atoms with E-state index in [0.717, 1.165) is 17.4 Å². The molecule has 0 fully saturated rings. The van der Waals surface area contributed by atoms with E-state index in [1.54, 1.807) is 19.9 Å². The van der Waals surface area contributed by atoms with Crippen molar-refractivity contribution in [1.29, 1.82) is 0 Å². The van der Waals surface area contributed by atoms with Gasteiger partial charge in [-0.25, -0.2) is 13.4 Å². The molecule has 9 nitrogen and oxygen atoms in total. The van der Waals surface area contributed by atoms with Gasteiger partial charge in [0.05, 0.1) is 30.6 Å². The minimum absolute atomic E-state index is 0.0603. The van der Waals surface area contributed by atoms with Gasteiger partial charge in [0.25, 0.3) is 11.6 Å². The second kappa shape index (κ2) is 8.64. The van der Waals surface area contributed by atoms with E-state index < -0.39 is 20.9 Å². The van der Waals surface area contributed by atoms with E-state index in [2.05, 4.69) is 10.3 Å². The molecule has 3 rings (SSSR count). The first-order chi connectivity index (χ1) is 14.2. The molecule has 0 saturated heterocycles. The zero-order valence-electron chi connectivity index (χ0n) is 16.0. The number of sulfonamides is 1. The lowest BCUT2D eigenvalue weighted by atomic mass is 10.2. The molecule has 0 saturated carbocycles. The van der Waals surface area contributed by atoms with Crippen LogP contribution >= 0.6 is 22.9 Å². The van der Waals surface area contributed by atoms with Crippen LogP contribution in [0.25, 0.3) is 10.2 Å². The molecule has 1 amide bonds. The predicted molar refractivity (Wildman–Crippen MR) is 116 cm³/mol. The molecule has 1 aromatic heterocycles. The minimum Gasteiger partial charge on any atom is -0.298 e. The molecular weight excluding hydrogens is 452 g/mol. The number of hydrogen-bond donors (Lipinski definition) is 1. The van der Waals surface area contributed by atoms with Crippen molar-refractivity contribution in [1.82, 2.24) is 9.29 Å². The van der Waals surface area contributed by atoms with Crippen LogP contribution in [0.15, 0.2) is 41.3 Å². The van der Waals surface area contributed by atoms with Gasteiger partial charge in [0, 0.05) is 25.2 Å². The van der Waals surface area contributed by atoms with Gasteiger partial charge in [0.2, 0.25) is 10.0 Å². The molecule has 158 valence electrons. The number of benzene rings is 2. The summed E-state index contributed by atoms with van der Waals surface area (Å²) in [7, 11) is -3.62. The van der Waals surface area contributed by atoms with Crippen LogP contribution in [0.5, 0.6) is 0 Å². The number of aromatic nitrogens is 1. The fourth-order valence-electron chi connectivity index (χ4n) is 2.80. The van der Waals surface area contributed by atoms with Crippen LogP contribution in [0.2, 0.25) is 5.02 Å². The lowest BCUT2D eigenvalue weighted by molar-refractivity contribution is -0.384. The van der Waals surface area contributed by atoms with Gasteiger partial charge in [-0.15, -0.1) is 0 Å². The van der Waals surface area contributed by atoms with E-state index in [4.69, 9.17) is 11.6 Å². The SMILES string of the molecule is CCN(CC)S(=O)(=O)c1ccc2nc(NC(=O)c3cc([N+](=O)[O-])ccc3Cl)sc2c1. The summed E-state index contributed by atoms with van der Waals surface area (Å²) in [6.45, 7) is 4.23. The zero-order chi connectivity index (χ0) is 22.1. The van der Waals surface area contributed by atoms with E-state index >= 15 is 0 Å². The highest BCUT2D eigenvalue weighted by Gasteiger charge is 2.23. The van der Waals surface area contributed by atoms with Crippen LogP contribution in [0.4, 0.5) is 10.8 Å². The second-order valence-corrected chi connectivity index (χ2v) is 9.49. The van der Waals surface area contributed by atoms with Crippen molar-refractivity contribution in [3.8, 4) is 0 Å². The molecule has 0 aliphatic heterocycles. The molecule has 3 aromatic rings. The monoisotopic (exact) mass is 468 g/mol. The summed E-state index contributed by atoms with van der Waals surface area (Å²) in [5.41, 5.74) is 0.189. The summed E-state index contributed by atoms with van der Waals surface area (Å²) in [5.74, 6) is -0.654. The standard InChI is InChI=1S/C18H17ClN4O5S2/c1-3-22(4-2)30(27,28)12-6-8-15-16(10-12)29-18(20-15)21-17(24)13-9-11(23(25)26)5-7-14(13)19/h5-10H,3-4H2,1-2H3,(H,20,21,24). The molecule has 0 spiro atoms. The molecular formula is C18H17ClN4O5S2. The third kappa shape index (κ3) is 4.29. The molecule has 12 heteroatoms. The molecule has 0 aliphatic rings. The fourth-order valence-corrected chi connectivity index (χ4v) is 5.46. The Bertz CT molecular complexity index is 1240. The maximum absolute atomic E-state index is 12.7. The van der Waals surface area contributed by atoms with Crippen molar-refractivity contribution < 1.29 is 18.1 Å². The van der Waals surface area contributed by atoms with E-state index in [1.165, 1.54) is 28.6 Å². The van der Waals surface area contributed by atoms with E-state index in [0.29, 0.717) is 23.3 Å². The van der Waals surface area contributed by atoms with Crippen molar-refractivity contribution in [2.24, 2.45) is 0 Å². The summed E-state index contributed by atoms with van der Waals surface area (Å²) in [5, 5.41) is 13.8. The number of halogens is 1. The van der Waals surface area contributed by atoms with Crippen molar-refractivity contribution in [2.75, 3.05) is 18.4 Å². The number of carbonyl (C=O) groups excluding carboxylic acids is 1. The number of anilines is 1. The number of rotatable bonds is 7. The molecule has 0 radical (unpaired) electrons. The van der Waals surface area contributed by atoms with Gasteiger partial charge in [0.1, 0.15) is 0 Å². The van der Waals surface area contributed by atoms with E-state index in [1.807, 2.05) is 0 Å². The first-order valence-electron chi connectivity index (χ1n) is 8.83. The van der Waals surface area contributed by atoms with Gasteiger partial charge in [-0.2, -0.15) is 4.31 Å². The molecule has 0 aliphatic carbocycles. The third-order valence-electron chi connectivity index (χ3n) is 4.33. The number of nitrogens with zero attached hydrogens (tertiary/aromatic N) is 3. The highest BCUT2D eigenvalue weighted by Crippen LogP contribution is 2.30. The summed E-state index contributed by atoms with van der Waals surface area (Å²) >= 11 is 7.09. The Morgan fingerprint density at radius 2 is 1.93 bits per heavy atom. The van der Waals surface area contributed by atoms with Crippen LogP contribution in [0.3, 0.4) is 0 Å². The number of non-ortho nitro benzene ring substituents is 1. The summed E-state index contributed by atoms with van der Waals surface area (Å²) < 4.78 is 27.3. The average molecular weight is 469 g/mol. The summed E-state index contributed by atoms with van der Waals surface area (Å²) in [4.78, 5) is 27.3. The van der Waals surface area contributed by atoms with Crippen molar-refractivity contribution >= 4 is 59.9 Å². The van der Waals surface area contributed by atoms with E-state index in [9.17, 15) is 23.3 Å². The van der Waals surface area contributed by atoms with Gasteiger partial charge in [0.15, 0.2) is 5.13 Å². The van der Waals surface area contributed by atoms with Gasteiger partial charge in [-0.05, 0) is 24.3 Å². The maximum atomic E-state index is 12.7. The Hall–Kier alpha value is -2.60. The Labute approximate surface area is 181 Å². The minimum atomic E-state index is -3.62. The number of thiazole rings is 1. The van der Waals surface area contributed by atoms with Crippen LogP contribution in [-0.2, 0) is 10.0 Å². The van der Waals surface area contributed by atoms with Crippen molar-refractivity contribution in [3.05, 3.63) is 57.1 Å². The highest BCUT2D eigenvalue weighted by molar-refractivity contribution is 7.89. The van der Waals surface area contributed by atoms with Gasteiger partial charge < -0.3 is 0 Å². The number of nitrogens with one attached hydrogen (secondary N) is 1. The van der Waals surface area contributed by atoms with Crippen LogP contribution < -0.4 is 5.32 Å². The van der Waals surface area contributed by atoms with Gasteiger partial charge >= 0.3 is 0 Å². The zero-order valence-corrected chi connectivity index (χ0v) is 18.3. The average Bonchev–Trinajstić information content (AvgIpc) is 3.10. The lowest BCUT2D eigenvalue weighted by Crippen LogP contribution is -2.30. The Balaban J connectivity index is 1.91. The predicted octanol–water partition coefficient (Wildman–Crippen LogP) is 4.14. The van der Waals surface area contributed by atoms with Crippen molar-refractivity contribution in [3.63, 3.8) is 0 Å². The third-order valence-corrected chi connectivity index (χ3v) is 7.64. The fraction of sp³-hybridized carbons (Fsp3) is 0.222. The first kappa shape index (κ1) is 22.1.